The van der Waals surface area contributed by atoms with Crippen LogP contribution in [-0.2, 0) is 4.79 Å². The van der Waals surface area contributed by atoms with Gasteiger partial charge in [-0.2, -0.15) is 0 Å². The number of ether oxygens (including phenoxy) is 1. The average Bonchev–Trinajstić information content (AvgIpc) is 2.79. The van der Waals surface area contributed by atoms with Crippen LogP contribution >= 0.6 is 12.4 Å². The molecule has 1 aliphatic heterocycles. The van der Waals surface area contributed by atoms with Gasteiger partial charge in [0.25, 0.3) is 5.92 Å². The molecule has 0 aliphatic carbocycles. The third-order valence-electron chi connectivity index (χ3n) is 3.41. The molecule has 2 N–H and O–H groups in total. The summed E-state index contributed by atoms with van der Waals surface area (Å²) in [6.07, 6.45) is -0.691. The summed E-state index contributed by atoms with van der Waals surface area (Å²) in [5.74, 6) is -2.46. The zero-order chi connectivity index (χ0) is 15.5. The monoisotopic (exact) mass is 334 g/mol. The standard InChI is InChI=1S/C15H20F2N2O2.ClH/c1-10-5-3-4-6-13(10)21-11(2)8-18-14(20)12-7-15(16,17)9-19-12;/h3-6,11-12,19H,7-9H2,1-2H3,(H,18,20);1H. The molecule has 1 fully saturated rings. The smallest absolute Gasteiger partial charge is 0.262 e. The maximum atomic E-state index is 13.0. The van der Waals surface area contributed by atoms with Crippen molar-refractivity contribution in [1.82, 2.24) is 10.6 Å². The van der Waals surface area contributed by atoms with E-state index in [9.17, 15) is 13.6 Å². The SMILES string of the molecule is Cc1ccccc1OC(C)CNC(=O)C1CC(F)(F)CN1.Cl. The van der Waals surface area contributed by atoms with Crippen molar-refractivity contribution in [2.24, 2.45) is 0 Å². The van der Waals surface area contributed by atoms with Gasteiger partial charge in [0.15, 0.2) is 0 Å². The lowest BCUT2D eigenvalue weighted by atomic mass is 10.2. The largest absolute Gasteiger partial charge is 0.489 e. The van der Waals surface area contributed by atoms with Crippen LogP contribution in [0.2, 0.25) is 0 Å². The van der Waals surface area contributed by atoms with Crippen molar-refractivity contribution in [2.75, 3.05) is 13.1 Å². The van der Waals surface area contributed by atoms with Crippen LogP contribution in [0.1, 0.15) is 18.9 Å². The van der Waals surface area contributed by atoms with Crippen LogP contribution in [-0.4, -0.2) is 37.1 Å². The van der Waals surface area contributed by atoms with E-state index in [2.05, 4.69) is 10.6 Å². The van der Waals surface area contributed by atoms with E-state index in [1.165, 1.54) is 0 Å². The predicted octanol–water partition coefficient (Wildman–Crippen LogP) is 2.30. The van der Waals surface area contributed by atoms with Gasteiger partial charge in [-0.25, -0.2) is 8.78 Å². The van der Waals surface area contributed by atoms with Gasteiger partial charge in [-0.1, -0.05) is 18.2 Å². The van der Waals surface area contributed by atoms with Gasteiger partial charge in [0.1, 0.15) is 11.9 Å². The Balaban J connectivity index is 0.00000242. The van der Waals surface area contributed by atoms with E-state index in [0.717, 1.165) is 11.3 Å². The molecule has 1 aromatic rings. The molecule has 1 aliphatic rings. The molecule has 0 bridgehead atoms. The molecule has 0 aromatic heterocycles. The summed E-state index contributed by atoms with van der Waals surface area (Å²) in [4.78, 5) is 11.8. The van der Waals surface area contributed by atoms with Crippen molar-refractivity contribution in [3.63, 3.8) is 0 Å². The number of carbonyl (C=O) groups excluding carboxylic acids is 1. The first kappa shape index (κ1) is 18.6. The van der Waals surface area contributed by atoms with E-state index < -0.39 is 30.8 Å². The second-order valence-electron chi connectivity index (χ2n) is 5.43. The summed E-state index contributed by atoms with van der Waals surface area (Å²) in [5, 5.41) is 5.17. The Labute approximate surface area is 135 Å². The fourth-order valence-electron chi connectivity index (χ4n) is 2.22. The van der Waals surface area contributed by atoms with Crippen LogP contribution < -0.4 is 15.4 Å². The highest BCUT2D eigenvalue weighted by molar-refractivity contribution is 5.85. The van der Waals surface area contributed by atoms with E-state index in [1.54, 1.807) is 0 Å². The molecular formula is C15H21ClF2N2O2. The summed E-state index contributed by atoms with van der Waals surface area (Å²) >= 11 is 0. The Bertz CT molecular complexity index is 514. The van der Waals surface area contributed by atoms with Crippen molar-refractivity contribution in [3.05, 3.63) is 29.8 Å². The van der Waals surface area contributed by atoms with Gasteiger partial charge in [0.05, 0.1) is 19.1 Å². The number of hydrogen-bond acceptors (Lipinski definition) is 3. The summed E-state index contributed by atoms with van der Waals surface area (Å²) in [6.45, 7) is 3.59. The lowest BCUT2D eigenvalue weighted by molar-refractivity contribution is -0.123. The lowest BCUT2D eigenvalue weighted by Crippen LogP contribution is -2.43. The van der Waals surface area contributed by atoms with Crippen LogP contribution in [0.5, 0.6) is 5.75 Å². The minimum Gasteiger partial charge on any atom is -0.489 e. The molecule has 7 heteroatoms. The third kappa shape index (κ3) is 5.10. The van der Waals surface area contributed by atoms with E-state index in [0.29, 0.717) is 0 Å². The number of amides is 1. The first-order valence-electron chi connectivity index (χ1n) is 6.98. The molecule has 2 atom stereocenters. The fourth-order valence-corrected chi connectivity index (χ4v) is 2.22. The molecule has 4 nitrogen and oxygen atoms in total. The molecule has 1 amide bonds. The molecule has 2 unspecified atom stereocenters. The van der Waals surface area contributed by atoms with E-state index in [-0.39, 0.29) is 25.1 Å². The van der Waals surface area contributed by atoms with Crippen molar-refractivity contribution in [2.45, 2.75) is 38.3 Å². The van der Waals surface area contributed by atoms with Gasteiger partial charge in [0.2, 0.25) is 5.91 Å². The number of nitrogens with one attached hydrogen (secondary N) is 2. The number of carbonyl (C=O) groups is 1. The topological polar surface area (TPSA) is 50.4 Å². The first-order chi connectivity index (χ1) is 9.87. The molecule has 2 rings (SSSR count). The maximum absolute atomic E-state index is 13.0. The fraction of sp³-hybridized carbons (Fsp3) is 0.533. The van der Waals surface area contributed by atoms with E-state index in [4.69, 9.17) is 4.74 Å². The van der Waals surface area contributed by atoms with Gasteiger partial charge >= 0.3 is 0 Å². The Morgan fingerprint density at radius 3 is 2.77 bits per heavy atom. The highest BCUT2D eigenvalue weighted by Gasteiger charge is 2.42. The molecule has 124 valence electrons. The molecule has 0 saturated carbocycles. The lowest BCUT2D eigenvalue weighted by Gasteiger charge is -2.18. The van der Waals surface area contributed by atoms with Crippen LogP contribution in [0, 0.1) is 6.92 Å². The maximum Gasteiger partial charge on any atom is 0.262 e. The second kappa shape index (κ2) is 7.74. The third-order valence-corrected chi connectivity index (χ3v) is 3.41. The molecule has 0 radical (unpaired) electrons. The van der Waals surface area contributed by atoms with Crippen molar-refractivity contribution in [3.8, 4) is 5.75 Å². The molecule has 1 aromatic carbocycles. The number of alkyl halides is 2. The first-order valence-corrected chi connectivity index (χ1v) is 6.98. The van der Waals surface area contributed by atoms with Crippen molar-refractivity contribution < 1.29 is 18.3 Å². The van der Waals surface area contributed by atoms with Crippen LogP contribution in [0.3, 0.4) is 0 Å². The Morgan fingerprint density at radius 1 is 1.50 bits per heavy atom. The molecular weight excluding hydrogens is 314 g/mol. The number of hydrogen-bond donors (Lipinski definition) is 2. The Morgan fingerprint density at radius 2 is 2.18 bits per heavy atom. The number of rotatable bonds is 5. The number of benzene rings is 1. The predicted molar refractivity (Wildman–Crippen MR) is 82.9 cm³/mol. The molecule has 1 heterocycles. The van der Waals surface area contributed by atoms with E-state index >= 15 is 0 Å². The van der Waals surface area contributed by atoms with Gasteiger partial charge in [-0.3, -0.25) is 10.1 Å². The van der Waals surface area contributed by atoms with Gasteiger partial charge in [-0.15, -0.1) is 12.4 Å². The van der Waals surface area contributed by atoms with Crippen LogP contribution in [0.25, 0.3) is 0 Å². The number of halogens is 3. The normalized spacial score (nSPS) is 20.8. The number of aryl methyl sites for hydroxylation is 1. The van der Waals surface area contributed by atoms with Crippen LogP contribution in [0.15, 0.2) is 24.3 Å². The molecule has 0 spiro atoms. The number of para-hydroxylation sites is 1. The highest BCUT2D eigenvalue weighted by atomic mass is 35.5. The minimum atomic E-state index is -2.80. The molecule has 1 saturated heterocycles. The average molecular weight is 335 g/mol. The van der Waals surface area contributed by atoms with Gasteiger partial charge < -0.3 is 10.1 Å². The quantitative estimate of drug-likeness (QED) is 0.868. The Kier molecular flexibility index (Phi) is 6.56. The van der Waals surface area contributed by atoms with Crippen LogP contribution in [0.4, 0.5) is 8.78 Å². The summed E-state index contributed by atoms with van der Waals surface area (Å²) in [6, 6.07) is 6.75. The second-order valence-corrected chi connectivity index (χ2v) is 5.43. The van der Waals surface area contributed by atoms with Gasteiger partial charge in [-0.05, 0) is 25.5 Å². The van der Waals surface area contributed by atoms with Crippen molar-refractivity contribution >= 4 is 18.3 Å². The molecule has 22 heavy (non-hydrogen) atoms. The van der Waals surface area contributed by atoms with E-state index in [1.807, 2.05) is 38.1 Å². The Hall–Kier alpha value is -1.40. The summed E-state index contributed by atoms with van der Waals surface area (Å²) < 4.78 is 31.8. The highest BCUT2D eigenvalue weighted by Crippen LogP contribution is 2.25. The zero-order valence-electron chi connectivity index (χ0n) is 12.6. The summed E-state index contributed by atoms with van der Waals surface area (Å²) in [5.41, 5.74) is 1.01. The minimum absolute atomic E-state index is 0. The van der Waals surface area contributed by atoms with Gasteiger partial charge in [0, 0.05) is 6.42 Å². The zero-order valence-corrected chi connectivity index (χ0v) is 13.4. The van der Waals surface area contributed by atoms with Crippen molar-refractivity contribution in [1.29, 1.82) is 0 Å². The summed E-state index contributed by atoms with van der Waals surface area (Å²) in [7, 11) is 0.